The number of hydrogen-bond donors (Lipinski definition) is 3. The lowest BCUT2D eigenvalue weighted by Crippen LogP contribution is -2.38. The van der Waals surface area contributed by atoms with E-state index in [1.54, 1.807) is 12.1 Å². The topological polar surface area (TPSA) is 110 Å². The molecule has 0 aliphatic carbocycles. The van der Waals surface area contributed by atoms with Crippen molar-refractivity contribution < 1.29 is 4.79 Å². The lowest BCUT2D eigenvalue weighted by Gasteiger charge is -2.32. The van der Waals surface area contributed by atoms with Crippen LogP contribution >= 0.6 is 0 Å². The van der Waals surface area contributed by atoms with Crippen molar-refractivity contribution in [2.75, 3.05) is 24.1 Å². The molecule has 5 N–H and O–H groups in total. The molecular formula is C23H26N6O. The molecule has 1 aromatic heterocycles. The first-order valence-corrected chi connectivity index (χ1v) is 10.1. The molecular weight excluding hydrogens is 376 g/mol. The number of nitrogen functional groups attached to an aromatic ring is 1. The van der Waals surface area contributed by atoms with Crippen molar-refractivity contribution in [3.63, 3.8) is 0 Å². The summed E-state index contributed by atoms with van der Waals surface area (Å²) < 4.78 is 0. The largest absolute Gasteiger partial charge is 0.368 e. The summed E-state index contributed by atoms with van der Waals surface area (Å²) in [5.74, 6) is 0.484. The number of aromatic nitrogens is 2. The highest BCUT2D eigenvalue weighted by Crippen LogP contribution is 2.23. The standard InChI is InChI=1S/C23H26N6O/c24-22(30)18-8-6-17(7-9-18)20-14-21(28-23(25)27-20)26-19-10-12-29(13-11-19)15-16-4-2-1-3-5-16/h1-9,14,19H,10-13,15H2,(H2,24,30)(H3,25,26,27,28). The van der Waals surface area contributed by atoms with Gasteiger partial charge in [-0.2, -0.15) is 4.98 Å². The third-order valence-electron chi connectivity index (χ3n) is 5.40. The molecule has 154 valence electrons. The minimum atomic E-state index is -0.454. The van der Waals surface area contributed by atoms with Crippen LogP contribution in [0.15, 0.2) is 60.7 Å². The number of carbonyl (C=O) groups is 1. The number of nitrogens with one attached hydrogen (secondary N) is 1. The summed E-state index contributed by atoms with van der Waals surface area (Å²) in [5, 5.41) is 3.51. The van der Waals surface area contributed by atoms with Crippen LogP contribution in [0.3, 0.4) is 0 Å². The number of carbonyl (C=O) groups excluding carboxylic acids is 1. The number of amides is 1. The fraction of sp³-hybridized carbons (Fsp3) is 0.261. The number of anilines is 2. The molecule has 7 nitrogen and oxygen atoms in total. The fourth-order valence-electron chi connectivity index (χ4n) is 3.78. The second-order valence-electron chi connectivity index (χ2n) is 7.62. The molecule has 2 aromatic carbocycles. The minimum absolute atomic E-state index is 0.218. The number of nitrogens with zero attached hydrogens (tertiary/aromatic N) is 3. The van der Waals surface area contributed by atoms with Gasteiger partial charge in [0.25, 0.3) is 0 Å². The molecule has 3 aromatic rings. The van der Waals surface area contributed by atoms with Crippen LogP contribution in [0.4, 0.5) is 11.8 Å². The van der Waals surface area contributed by atoms with Gasteiger partial charge in [0, 0.05) is 42.9 Å². The van der Waals surface area contributed by atoms with E-state index in [2.05, 4.69) is 44.5 Å². The van der Waals surface area contributed by atoms with Crippen LogP contribution in [0.25, 0.3) is 11.3 Å². The maximum Gasteiger partial charge on any atom is 0.248 e. The van der Waals surface area contributed by atoms with Crippen molar-refractivity contribution in [3.05, 3.63) is 71.8 Å². The van der Waals surface area contributed by atoms with Crippen molar-refractivity contribution >= 4 is 17.7 Å². The van der Waals surface area contributed by atoms with Crippen molar-refractivity contribution in [2.24, 2.45) is 5.73 Å². The Morgan fingerprint density at radius 3 is 2.40 bits per heavy atom. The monoisotopic (exact) mass is 402 g/mol. The quantitative estimate of drug-likeness (QED) is 0.585. The molecule has 0 saturated carbocycles. The lowest BCUT2D eigenvalue weighted by molar-refractivity contribution is 0.100. The van der Waals surface area contributed by atoms with Gasteiger partial charge in [0.05, 0.1) is 5.69 Å². The highest BCUT2D eigenvalue weighted by atomic mass is 16.1. The van der Waals surface area contributed by atoms with Crippen LogP contribution in [0.1, 0.15) is 28.8 Å². The van der Waals surface area contributed by atoms with Crippen LogP contribution in [0.5, 0.6) is 0 Å². The van der Waals surface area contributed by atoms with Crippen molar-refractivity contribution in [2.45, 2.75) is 25.4 Å². The molecule has 1 fully saturated rings. The summed E-state index contributed by atoms with van der Waals surface area (Å²) in [4.78, 5) is 22.4. The van der Waals surface area contributed by atoms with E-state index in [9.17, 15) is 4.79 Å². The molecule has 7 heteroatoms. The maximum atomic E-state index is 11.3. The highest BCUT2D eigenvalue weighted by molar-refractivity contribution is 5.93. The van der Waals surface area contributed by atoms with Crippen LogP contribution in [0, 0.1) is 0 Å². The predicted octanol–water partition coefficient (Wildman–Crippen LogP) is 2.90. The fourth-order valence-corrected chi connectivity index (χ4v) is 3.78. The number of primary amides is 1. The minimum Gasteiger partial charge on any atom is -0.368 e. The van der Waals surface area contributed by atoms with Crippen molar-refractivity contribution in [1.29, 1.82) is 0 Å². The predicted molar refractivity (Wildman–Crippen MR) is 119 cm³/mol. The van der Waals surface area contributed by atoms with Gasteiger partial charge in [-0.25, -0.2) is 4.98 Å². The van der Waals surface area contributed by atoms with Crippen molar-refractivity contribution in [1.82, 2.24) is 14.9 Å². The Morgan fingerprint density at radius 1 is 1.03 bits per heavy atom. The second kappa shape index (κ2) is 8.92. The summed E-state index contributed by atoms with van der Waals surface area (Å²) in [6.45, 7) is 3.06. The van der Waals surface area contributed by atoms with Gasteiger partial charge in [-0.3, -0.25) is 9.69 Å². The van der Waals surface area contributed by atoms with Gasteiger partial charge in [0.15, 0.2) is 0 Å². The van der Waals surface area contributed by atoms with E-state index >= 15 is 0 Å². The van der Waals surface area contributed by atoms with Crippen LogP contribution in [0.2, 0.25) is 0 Å². The summed E-state index contributed by atoms with van der Waals surface area (Å²) in [6, 6.07) is 19.8. The average Bonchev–Trinajstić information content (AvgIpc) is 2.75. The Bertz CT molecular complexity index is 998. The van der Waals surface area contributed by atoms with E-state index in [4.69, 9.17) is 11.5 Å². The van der Waals surface area contributed by atoms with Gasteiger partial charge in [-0.15, -0.1) is 0 Å². The molecule has 0 unspecified atom stereocenters. The summed E-state index contributed by atoms with van der Waals surface area (Å²) >= 11 is 0. The first-order valence-electron chi connectivity index (χ1n) is 10.1. The molecule has 30 heavy (non-hydrogen) atoms. The molecule has 4 rings (SSSR count). The van der Waals surface area contributed by atoms with Gasteiger partial charge in [0.1, 0.15) is 5.82 Å². The Kier molecular flexibility index (Phi) is 5.90. The van der Waals surface area contributed by atoms with Crippen molar-refractivity contribution in [3.8, 4) is 11.3 Å². The van der Waals surface area contributed by atoms with Crippen LogP contribution < -0.4 is 16.8 Å². The number of nitrogens with two attached hydrogens (primary N) is 2. The summed E-state index contributed by atoms with van der Waals surface area (Å²) in [5.41, 5.74) is 14.6. The first kappa shape index (κ1) is 19.8. The van der Waals surface area contributed by atoms with Gasteiger partial charge in [0.2, 0.25) is 11.9 Å². The zero-order valence-corrected chi connectivity index (χ0v) is 16.8. The maximum absolute atomic E-state index is 11.3. The molecule has 1 amide bonds. The Balaban J connectivity index is 1.39. The molecule has 1 saturated heterocycles. The van der Waals surface area contributed by atoms with E-state index < -0.39 is 5.91 Å². The number of benzene rings is 2. The van der Waals surface area contributed by atoms with E-state index in [-0.39, 0.29) is 5.95 Å². The zero-order chi connectivity index (χ0) is 20.9. The normalized spacial score (nSPS) is 15.1. The number of likely N-dealkylation sites (tertiary alicyclic amines) is 1. The molecule has 0 bridgehead atoms. The summed E-state index contributed by atoms with van der Waals surface area (Å²) in [7, 11) is 0. The molecule has 2 heterocycles. The second-order valence-corrected chi connectivity index (χ2v) is 7.62. The van der Waals surface area contributed by atoms with Crippen LogP contribution in [-0.4, -0.2) is 39.9 Å². The SMILES string of the molecule is NC(=O)c1ccc(-c2cc(NC3CCN(Cc4ccccc4)CC3)nc(N)n2)cc1. The van der Waals surface area contributed by atoms with E-state index in [1.165, 1.54) is 5.56 Å². The average molecular weight is 403 g/mol. The molecule has 0 radical (unpaired) electrons. The Morgan fingerprint density at radius 2 is 1.73 bits per heavy atom. The smallest absolute Gasteiger partial charge is 0.248 e. The first-order chi connectivity index (χ1) is 14.6. The number of hydrogen-bond acceptors (Lipinski definition) is 6. The highest BCUT2D eigenvalue weighted by Gasteiger charge is 2.20. The molecule has 1 aliphatic rings. The molecule has 1 aliphatic heterocycles. The lowest BCUT2D eigenvalue weighted by atomic mass is 10.0. The third-order valence-corrected chi connectivity index (χ3v) is 5.40. The van der Waals surface area contributed by atoms with E-state index in [0.29, 0.717) is 17.3 Å². The molecule has 0 spiro atoms. The Hall–Kier alpha value is -3.45. The zero-order valence-electron chi connectivity index (χ0n) is 16.8. The summed E-state index contributed by atoms with van der Waals surface area (Å²) in [6.07, 6.45) is 2.08. The third kappa shape index (κ3) is 4.93. The van der Waals surface area contributed by atoms with Gasteiger partial charge < -0.3 is 16.8 Å². The molecule has 0 atom stereocenters. The van der Waals surface area contributed by atoms with Gasteiger partial charge in [-0.05, 0) is 30.5 Å². The Labute approximate surface area is 176 Å². The number of rotatable bonds is 6. The van der Waals surface area contributed by atoms with Gasteiger partial charge in [-0.1, -0.05) is 42.5 Å². The number of piperidine rings is 1. The van der Waals surface area contributed by atoms with E-state index in [1.807, 2.05) is 24.3 Å². The van der Waals surface area contributed by atoms with Crippen LogP contribution in [-0.2, 0) is 6.54 Å². The van der Waals surface area contributed by atoms with E-state index in [0.717, 1.165) is 43.9 Å². The van der Waals surface area contributed by atoms with Gasteiger partial charge >= 0.3 is 0 Å².